The van der Waals surface area contributed by atoms with Crippen molar-refractivity contribution in [1.29, 1.82) is 0 Å². The van der Waals surface area contributed by atoms with E-state index >= 15 is 0 Å². The van der Waals surface area contributed by atoms with Crippen LogP contribution in [0.25, 0.3) is 28.5 Å². The van der Waals surface area contributed by atoms with E-state index in [-0.39, 0.29) is 5.25 Å². The summed E-state index contributed by atoms with van der Waals surface area (Å²) in [6.07, 6.45) is 3.45. The molecule has 0 aliphatic rings. The smallest absolute Gasteiger partial charge is 0.247 e. The van der Waals surface area contributed by atoms with Crippen LogP contribution < -0.4 is 0 Å². The Morgan fingerprint density at radius 3 is 2.39 bits per heavy atom. The van der Waals surface area contributed by atoms with E-state index in [4.69, 9.17) is 16.0 Å². The summed E-state index contributed by atoms with van der Waals surface area (Å²) in [5.41, 5.74) is 3.73. The molecule has 0 saturated carbocycles. The predicted molar refractivity (Wildman–Crippen MR) is 128 cm³/mol. The summed E-state index contributed by atoms with van der Waals surface area (Å²) in [6.45, 7) is 4.03. The summed E-state index contributed by atoms with van der Waals surface area (Å²) in [4.78, 5) is 4.10. The van der Waals surface area contributed by atoms with Crippen LogP contribution in [0, 0.1) is 6.92 Å². The van der Waals surface area contributed by atoms with Gasteiger partial charge in [0, 0.05) is 23.5 Å². The Balaban J connectivity index is 1.49. The first kappa shape index (κ1) is 21.4. The Hall–Kier alpha value is -3.49. The highest BCUT2D eigenvalue weighted by Gasteiger charge is 2.23. The number of aromatic nitrogens is 6. The number of pyridine rings is 1. The van der Waals surface area contributed by atoms with E-state index in [1.165, 1.54) is 17.3 Å². The van der Waals surface area contributed by atoms with Crippen LogP contribution in [0.1, 0.15) is 23.6 Å². The van der Waals surface area contributed by atoms with Gasteiger partial charge in [-0.25, -0.2) is 0 Å². The summed E-state index contributed by atoms with van der Waals surface area (Å²) in [5.74, 6) is 1.67. The van der Waals surface area contributed by atoms with Gasteiger partial charge in [-0.1, -0.05) is 53.2 Å². The maximum Gasteiger partial charge on any atom is 0.247 e. The minimum absolute atomic E-state index is 0.160. The average Bonchev–Trinajstić information content (AvgIpc) is 3.48. The van der Waals surface area contributed by atoms with Gasteiger partial charge in [0.15, 0.2) is 11.0 Å². The van der Waals surface area contributed by atoms with E-state index in [0.717, 1.165) is 16.8 Å². The molecule has 7 nitrogen and oxygen atoms in total. The Bertz CT molecular complexity index is 1380. The Labute approximate surface area is 199 Å². The third-order valence-electron chi connectivity index (χ3n) is 5.03. The van der Waals surface area contributed by atoms with Crippen LogP contribution in [0.15, 0.2) is 82.6 Å². The summed E-state index contributed by atoms with van der Waals surface area (Å²) < 4.78 is 7.91. The molecule has 0 unspecified atom stereocenters. The lowest BCUT2D eigenvalue weighted by Gasteiger charge is -2.13. The number of nitrogens with zero attached hydrogens (tertiary/aromatic N) is 6. The first-order valence-corrected chi connectivity index (χ1v) is 11.5. The molecule has 0 fully saturated rings. The summed E-state index contributed by atoms with van der Waals surface area (Å²) in [6, 6.07) is 19.4. The monoisotopic (exact) mass is 474 g/mol. The molecule has 3 heterocycles. The van der Waals surface area contributed by atoms with E-state index in [1.54, 1.807) is 12.4 Å². The largest absolute Gasteiger partial charge is 0.419 e. The van der Waals surface area contributed by atoms with Gasteiger partial charge in [0.2, 0.25) is 11.8 Å². The molecule has 0 N–H and O–H groups in total. The summed E-state index contributed by atoms with van der Waals surface area (Å²) in [7, 11) is 0. The van der Waals surface area contributed by atoms with Gasteiger partial charge in [0.25, 0.3) is 0 Å². The Morgan fingerprint density at radius 2 is 1.64 bits per heavy atom. The van der Waals surface area contributed by atoms with Gasteiger partial charge in [-0.15, -0.1) is 20.4 Å². The molecule has 2 aromatic carbocycles. The number of hydrogen-bond acceptors (Lipinski definition) is 7. The standard InChI is InChI=1S/C24H19ClN6OS/c1-15-7-9-18(10-8-15)23-29-28-22(32-23)16(2)33-24-30-27-21(17-11-13-26-14-12-17)31(24)20-6-4-3-5-19(20)25/h3-14,16H,1-2H3/t16-/m0/s1. The van der Waals surface area contributed by atoms with Gasteiger partial charge >= 0.3 is 0 Å². The number of thioether (sulfide) groups is 1. The van der Waals surface area contributed by atoms with Crippen LogP contribution in [-0.4, -0.2) is 29.9 Å². The van der Waals surface area contributed by atoms with Crippen molar-refractivity contribution >= 4 is 23.4 Å². The zero-order valence-electron chi connectivity index (χ0n) is 17.9. The minimum atomic E-state index is -0.160. The fourth-order valence-electron chi connectivity index (χ4n) is 3.30. The lowest BCUT2D eigenvalue weighted by atomic mass is 10.1. The van der Waals surface area contributed by atoms with Crippen molar-refractivity contribution in [2.24, 2.45) is 0 Å². The molecule has 0 bridgehead atoms. The lowest BCUT2D eigenvalue weighted by Crippen LogP contribution is -2.01. The molecular weight excluding hydrogens is 456 g/mol. The molecule has 3 aromatic heterocycles. The number of hydrogen-bond donors (Lipinski definition) is 0. The van der Waals surface area contributed by atoms with Crippen LogP contribution in [0.2, 0.25) is 5.02 Å². The third kappa shape index (κ3) is 4.40. The van der Waals surface area contributed by atoms with Crippen LogP contribution >= 0.6 is 23.4 Å². The summed E-state index contributed by atoms with van der Waals surface area (Å²) in [5, 5.41) is 18.5. The minimum Gasteiger partial charge on any atom is -0.419 e. The third-order valence-corrected chi connectivity index (χ3v) is 6.38. The van der Waals surface area contributed by atoms with Crippen LogP contribution in [-0.2, 0) is 0 Å². The highest BCUT2D eigenvalue weighted by Crippen LogP contribution is 2.38. The van der Waals surface area contributed by atoms with Crippen LogP contribution in [0.3, 0.4) is 0 Å². The van der Waals surface area contributed by atoms with Crippen molar-refractivity contribution in [3.63, 3.8) is 0 Å². The van der Waals surface area contributed by atoms with Gasteiger partial charge in [-0.3, -0.25) is 9.55 Å². The van der Waals surface area contributed by atoms with E-state index in [2.05, 4.69) is 25.4 Å². The number of halogens is 1. The molecular formula is C24H19ClN6OS. The normalized spacial score (nSPS) is 12.1. The fourth-order valence-corrected chi connectivity index (χ4v) is 4.42. The second kappa shape index (κ2) is 9.17. The molecule has 5 rings (SSSR count). The van der Waals surface area contributed by atoms with Gasteiger partial charge in [-0.2, -0.15) is 0 Å². The summed E-state index contributed by atoms with van der Waals surface area (Å²) >= 11 is 8.02. The van der Waals surface area contributed by atoms with Gasteiger partial charge < -0.3 is 4.42 Å². The number of para-hydroxylation sites is 1. The maximum absolute atomic E-state index is 6.54. The maximum atomic E-state index is 6.54. The van der Waals surface area contributed by atoms with Crippen LogP contribution in [0.4, 0.5) is 0 Å². The van der Waals surface area contributed by atoms with E-state index in [0.29, 0.717) is 27.8 Å². The van der Waals surface area contributed by atoms with Gasteiger partial charge in [-0.05, 0) is 50.2 Å². The van der Waals surface area contributed by atoms with Crippen molar-refractivity contribution in [3.8, 4) is 28.5 Å². The molecule has 0 saturated heterocycles. The SMILES string of the molecule is Cc1ccc(-c2nnc([C@H](C)Sc3nnc(-c4ccncc4)n3-c3ccccc3Cl)o2)cc1. The number of aryl methyl sites for hydroxylation is 1. The van der Waals surface area contributed by atoms with Crippen molar-refractivity contribution < 1.29 is 4.42 Å². The Kier molecular flexibility index (Phi) is 5.93. The second-order valence-electron chi connectivity index (χ2n) is 7.40. The van der Waals surface area contributed by atoms with E-state index < -0.39 is 0 Å². The molecule has 9 heteroatoms. The number of rotatable bonds is 6. The first-order chi connectivity index (χ1) is 16.1. The molecule has 0 amide bonds. The Morgan fingerprint density at radius 1 is 0.879 bits per heavy atom. The highest BCUT2D eigenvalue weighted by molar-refractivity contribution is 7.99. The zero-order valence-corrected chi connectivity index (χ0v) is 19.5. The van der Waals surface area contributed by atoms with Crippen molar-refractivity contribution in [2.45, 2.75) is 24.3 Å². The average molecular weight is 475 g/mol. The van der Waals surface area contributed by atoms with Crippen molar-refractivity contribution in [3.05, 3.63) is 89.5 Å². The molecule has 0 aliphatic heterocycles. The zero-order chi connectivity index (χ0) is 22.8. The lowest BCUT2D eigenvalue weighted by molar-refractivity contribution is 0.509. The van der Waals surface area contributed by atoms with E-state index in [1.807, 2.05) is 79.1 Å². The topological polar surface area (TPSA) is 82.5 Å². The molecule has 5 aromatic rings. The predicted octanol–water partition coefficient (Wildman–Crippen LogP) is 6.19. The first-order valence-electron chi connectivity index (χ1n) is 10.3. The fraction of sp³-hybridized carbons (Fsp3) is 0.125. The molecule has 0 spiro atoms. The molecule has 0 aliphatic carbocycles. The molecule has 0 radical (unpaired) electrons. The van der Waals surface area contributed by atoms with Crippen LogP contribution in [0.5, 0.6) is 0 Å². The molecule has 164 valence electrons. The van der Waals surface area contributed by atoms with Gasteiger partial charge in [0.05, 0.1) is 16.0 Å². The molecule has 1 atom stereocenters. The van der Waals surface area contributed by atoms with E-state index in [9.17, 15) is 0 Å². The van der Waals surface area contributed by atoms with Crippen molar-refractivity contribution in [2.75, 3.05) is 0 Å². The quantitative estimate of drug-likeness (QED) is 0.271. The van der Waals surface area contributed by atoms with Gasteiger partial charge in [0.1, 0.15) is 0 Å². The molecule has 33 heavy (non-hydrogen) atoms. The van der Waals surface area contributed by atoms with Crippen molar-refractivity contribution in [1.82, 2.24) is 29.9 Å². The highest BCUT2D eigenvalue weighted by atomic mass is 35.5. The number of benzene rings is 2. The second-order valence-corrected chi connectivity index (χ2v) is 9.12.